The molecule has 4 aromatic rings. The Labute approximate surface area is 195 Å². The fourth-order valence-electron chi connectivity index (χ4n) is 3.45. The normalized spacial score (nSPS) is 11.5. The van der Waals surface area contributed by atoms with Crippen LogP contribution in [0.4, 0.5) is 0 Å². The smallest absolute Gasteiger partial charge is 0.152 e. The van der Waals surface area contributed by atoms with Crippen LogP contribution in [-0.4, -0.2) is 20.4 Å². The quantitative estimate of drug-likeness (QED) is 0.163. The molecule has 0 saturated carbocycles. The van der Waals surface area contributed by atoms with Gasteiger partial charge in [0.05, 0.1) is 17.7 Å². The summed E-state index contributed by atoms with van der Waals surface area (Å²) in [6.45, 7) is 0.690. The Morgan fingerprint density at radius 1 is 1.03 bits per heavy atom. The van der Waals surface area contributed by atoms with Crippen LogP contribution in [-0.2, 0) is 13.0 Å². The highest BCUT2D eigenvalue weighted by Gasteiger charge is 2.17. The first-order valence-electron chi connectivity index (χ1n) is 9.87. The Hall–Kier alpha value is -3.39. The van der Waals surface area contributed by atoms with Crippen molar-refractivity contribution in [3.8, 4) is 22.6 Å². The molecule has 9 heteroatoms. The number of aromatic nitrogens is 3. The lowest BCUT2D eigenvalue weighted by molar-refractivity contribution is 0.702. The summed E-state index contributed by atoms with van der Waals surface area (Å²) in [5.41, 5.74) is 13.2. The second-order valence-electron chi connectivity index (χ2n) is 7.04. The van der Waals surface area contributed by atoms with Gasteiger partial charge in [0.15, 0.2) is 5.84 Å². The molecule has 0 amide bonds. The SMILES string of the molecule is NN/N=C(\N)c1ccnc(-c2ncn(CCc3ccccc3Cl)c2-c2ccc(Cl)cc2)c1. The van der Waals surface area contributed by atoms with Gasteiger partial charge in [0.1, 0.15) is 5.69 Å². The van der Waals surface area contributed by atoms with E-state index in [1.165, 1.54) is 0 Å². The molecule has 32 heavy (non-hydrogen) atoms. The van der Waals surface area contributed by atoms with Gasteiger partial charge in [0, 0.05) is 33.9 Å². The third-order valence-electron chi connectivity index (χ3n) is 5.02. The summed E-state index contributed by atoms with van der Waals surface area (Å²) in [5, 5.41) is 5.25. The van der Waals surface area contributed by atoms with Gasteiger partial charge in [-0.05, 0) is 42.3 Å². The molecule has 0 aliphatic heterocycles. The summed E-state index contributed by atoms with van der Waals surface area (Å²) < 4.78 is 2.09. The van der Waals surface area contributed by atoms with E-state index >= 15 is 0 Å². The maximum Gasteiger partial charge on any atom is 0.152 e. The number of nitrogens with two attached hydrogens (primary N) is 2. The second kappa shape index (κ2) is 9.82. The monoisotopic (exact) mass is 465 g/mol. The summed E-state index contributed by atoms with van der Waals surface area (Å²) >= 11 is 12.5. The van der Waals surface area contributed by atoms with E-state index in [0.29, 0.717) is 22.8 Å². The van der Waals surface area contributed by atoms with E-state index in [9.17, 15) is 0 Å². The number of hydrazine groups is 1. The number of hydrazone groups is 1. The van der Waals surface area contributed by atoms with Gasteiger partial charge < -0.3 is 10.3 Å². The summed E-state index contributed by atoms with van der Waals surface area (Å²) in [6.07, 6.45) is 4.23. The van der Waals surface area contributed by atoms with E-state index in [2.05, 4.69) is 25.2 Å². The van der Waals surface area contributed by atoms with E-state index < -0.39 is 0 Å². The van der Waals surface area contributed by atoms with Gasteiger partial charge in [-0.3, -0.25) is 4.98 Å². The third-order valence-corrected chi connectivity index (χ3v) is 5.64. The second-order valence-corrected chi connectivity index (χ2v) is 7.88. The standard InChI is InChI=1S/C23H21Cl2N7/c24-18-7-5-16(6-8-18)22-21(20-13-17(9-11-28-20)23(26)30-31-27)29-14-32(22)12-10-15-3-1-2-4-19(15)25/h1-9,11,13-14,31H,10,12,27H2,(H2,26,30). The topological polar surface area (TPSA) is 107 Å². The number of halogens is 2. The van der Waals surface area contributed by atoms with Gasteiger partial charge in [-0.1, -0.05) is 53.5 Å². The molecule has 0 saturated heterocycles. The Balaban J connectivity index is 1.76. The number of nitrogens with zero attached hydrogens (tertiary/aromatic N) is 4. The number of pyridine rings is 1. The first-order chi connectivity index (χ1) is 15.6. The molecule has 0 bridgehead atoms. The molecule has 0 aliphatic rings. The van der Waals surface area contributed by atoms with Gasteiger partial charge >= 0.3 is 0 Å². The highest BCUT2D eigenvalue weighted by atomic mass is 35.5. The molecule has 0 unspecified atom stereocenters. The maximum absolute atomic E-state index is 6.35. The van der Waals surface area contributed by atoms with E-state index in [1.54, 1.807) is 12.3 Å². The summed E-state index contributed by atoms with van der Waals surface area (Å²) in [5.74, 6) is 5.51. The van der Waals surface area contributed by atoms with E-state index in [-0.39, 0.29) is 5.84 Å². The van der Waals surface area contributed by atoms with Crippen LogP contribution in [0.1, 0.15) is 11.1 Å². The average molecular weight is 466 g/mol. The highest BCUT2D eigenvalue weighted by molar-refractivity contribution is 6.31. The first-order valence-corrected chi connectivity index (χ1v) is 10.6. The number of hydrogen-bond acceptors (Lipinski definition) is 5. The minimum atomic E-state index is 0.252. The van der Waals surface area contributed by atoms with Crippen LogP contribution in [0, 0.1) is 0 Å². The molecule has 162 valence electrons. The molecule has 0 aliphatic carbocycles. The van der Waals surface area contributed by atoms with Crippen molar-refractivity contribution in [3.63, 3.8) is 0 Å². The van der Waals surface area contributed by atoms with Crippen LogP contribution < -0.4 is 17.1 Å². The minimum absolute atomic E-state index is 0.252. The average Bonchev–Trinajstić information content (AvgIpc) is 3.23. The van der Waals surface area contributed by atoms with E-state index in [4.69, 9.17) is 34.8 Å². The molecular formula is C23H21Cl2N7. The molecule has 0 radical (unpaired) electrons. The molecule has 0 atom stereocenters. The van der Waals surface area contributed by atoms with Crippen LogP contribution in [0.15, 0.2) is 78.3 Å². The highest BCUT2D eigenvalue weighted by Crippen LogP contribution is 2.32. The van der Waals surface area contributed by atoms with E-state index in [0.717, 1.165) is 34.0 Å². The number of benzene rings is 2. The zero-order valence-electron chi connectivity index (χ0n) is 17.0. The Bertz CT molecular complexity index is 1250. The van der Waals surface area contributed by atoms with Crippen molar-refractivity contribution >= 4 is 29.0 Å². The van der Waals surface area contributed by atoms with Crippen LogP contribution in [0.25, 0.3) is 22.6 Å². The lowest BCUT2D eigenvalue weighted by Crippen LogP contribution is -2.23. The van der Waals surface area contributed by atoms with Crippen LogP contribution >= 0.6 is 23.2 Å². The first kappa shape index (κ1) is 21.8. The molecule has 2 aromatic carbocycles. The number of hydrogen-bond donors (Lipinski definition) is 3. The summed E-state index contributed by atoms with van der Waals surface area (Å²) in [4.78, 5) is 9.20. The van der Waals surface area contributed by atoms with Crippen molar-refractivity contribution in [2.75, 3.05) is 0 Å². The van der Waals surface area contributed by atoms with Crippen molar-refractivity contribution in [1.29, 1.82) is 0 Å². The fraction of sp³-hybridized carbons (Fsp3) is 0.0870. The largest absolute Gasteiger partial charge is 0.382 e. The maximum atomic E-state index is 6.35. The summed E-state index contributed by atoms with van der Waals surface area (Å²) in [6, 6.07) is 19.1. The molecule has 0 fully saturated rings. The lowest BCUT2D eigenvalue weighted by Gasteiger charge is -2.12. The number of imidazole rings is 1. The van der Waals surface area contributed by atoms with Gasteiger partial charge in [-0.2, -0.15) is 0 Å². The molecule has 2 aromatic heterocycles. The zero-order valence-corrected chi connectivity index (χ0v) is 18.6. The van der Waals surface area contributed by atoms with Gasteiger partial charge in [0.2, 0.25) is 0 Å². The van der Waals surface area contributed by atoms with Crippen molar-refractivity contribution in [2.45, 2.75) is 13.0 Å². The van der Waals surface area contributed by atoms with Gasteiger partial charge in [-0.15, -0.1) is 5.10 Å². The molecule has 2 heterocycles. The van der Waals surface area contributed by atoms with Crippen LogP contribution in [0.3, 0.4) is 0 Å². The van der Waals surface area contributed by atoms with E-state index in [1.807, 2.05) is 60.9 Å². The fourth-order valence-corrected chi connectivity index (χ4v) is 3.80. The zero-order chi connectivity index (χ0) is 22.5. The van der Waals surface area contributed by atoms with Gasteiger partial charge in [-0.25, -0.2) is 16.4 Å². The number of rotatable bonds is 7. The Kier molecular flexibility index (Phi) is 6.70. The Morgan fingerprint density at radius 3 is 2.56 bits per heavy atom. The minimum Gasteiger partial charge on any atom is -0.382 e. The predicted molar refractivity (Wildman–Crippen MR) is 129 cm³/mol. The van der Waals surface area contributed by atoms with Crippen molar-refractivity contribution in [1.82, 2.24) is 20.1 Å². The molecule has 0 spiro atoms. The van der Waals surface area contributed by atoms with Crippen LogP contribution in [0.2, 0.25) is 10.0 Å². The lowest BCUT2D eigenvalue weighted by atomic mass is 10.1. The van der Waals surface area contributed by atoms with Crippen molar-refractivity contribution in [3.05, 3.63) is 94.4 Å². The van der Waals surface area contributed by atoms with Crippen molar-refractivity contribution in [2.24, 2.45) is 16.7 Å². The molecule has 7 nitrogen and oxygen atoms in total. The number of amidine groups is 1. The number of aryl methyl sites for hydroxylation is 2. The molecular weight excluding hydrogens is 445 g/mol. The van der Waals surface area contributed by atoms with Crippen LogP contribution in [0.5, 0.6) is 0 Å². The third kappa shape index (κ3) is 4.75. The number of nitrogens with one attached hydrogen (secondary N) is 1. The molecule has 4 rings (SSSR count). The predicted octanol–water partition coefficient (Wildman–Crippen LogP) is 4.25. The Morgan fingerprint density at radius 2 is 1.81 bits per heavy atom. The summed E-state index contributed by atoms with van der Waals surface area (Å²) in [7, 11) is 0. The van der Waals surface area contributed by atoms with Crippen molar-refractivity contribution < 1.29 is 0 Å². The van der Waals surface area contributed by atoms with Gasteiger partial charge in [0.25, 0.3) is 0 Å². The molecule has 5 N–H and O–H groups in total.